The lowest BCUT2D eigenvalue weighted by molar-refractivity contribution is -0.130. The summed E-state index contributed by atoms with van der Waals surface area (Å²) in [5, 5.41) is 3.48. The van der Waals surface area contributed by atoms with Crippen LogP contribution in [0.15, 0.2) is 36.4 Å². The Balaban J connectivity index is 1.70. The monoisotopic (exact) mass is 486 g/mol. The first-order valence-electron chi connectivity index (χ1n) is 11.6. The normalized spacial score (nSPS) is 15.9. The summed E-state index contributed by atoms with van der Waals surface area (Å²) in [5.74, 6) is -0.526. The molecule has 1 atom stereocenters. The molecule has 1 unspecified atom stereocenters. The number of thiophene rings is 1. The van der Waals surface area contributed by atoms with Gasteiger partial charge in [-0.3, -0.25) is 19.4 Å². The SMILES string of the molecule is CCOC(=O)c1cc(-c2ccccc2)sc1NC(=O)C(C)N1CCCN(CC(=O)N(C)C)CC1. The molecule has 1 aliphatic heterocycles. The molecule has 1 aromatic heterocycles. The zero-order valence-corrected chi connectivity index (χ0v) is 21.2. The summed E-state index contributed by atoms with van der Waals surface area (Å²) in [6.07, 6.45) is 0.879. The standard InChI is InChI=1S/C25H34N4O4S/c1-5-33-25(32)20-16-21(19-10-7-6-8-11-19)34-24(20)26-23(31)18(2)29-13-9-12-28(14-15-29)17-22(30)27(3)4/h6-8,10-11,16,18H,5,9,12-15,17H2,1-4H3,(H,26,31). The number of nitrogens with one attached hydrogen (secondary N) is 1. The molecular weight excluding hydrogens is 452 g/mol. The number of hydrogen-bond acceptors (Lipinski definition) is 7. The van der Waals surface area contributed by atoms with E-state index in [1.165, 1.54) is 11.3 Å². The average Bonchev–Trinajstić information content (AvgIpc) is 3.10. The van der Waals surface area contributed by atoms with E-state index in [-0.39, 0.29) is 24.5 Å². The van der Waals surface area contributed by atoms with Gasteiger partial charge in [-0.2, -0.15) is 0 Å². The van der Waals surface area contributed by atoms with Crippen molar-refractivity contribution in [2.45, 2.75) is 26.3 Å². The second kappa shape index (κ2) is 12.1. The molecule has 8 nitrogen and oxygen atoms in total. The summed E-state index contributed by atoms with van der Waals surface area (Å²) >= 11 is 1.37. The second-order valence-electron chi connectivity index (χ2n) is 8.56. The lowest BCUT2D eigenvalue weighted by Crippen LogP contribution is -2.44. The van der Waals surface area contributed by atoms with E-state index in [0.29, 0.717) is 23.7 Å². The number of ether oxygens (including phenoxy) is 1. The van der Waals surface area contributed by atoms with Gasteiger partial charge in [-0.25, -0.2) is 4.79 Å². The molecule has 1 aliphatic rings. The van der Waals surface area contributed by atoms with E-state index in [9.17, 15) is 14.4 Å². The van der Waals surface area contributed by atoms with E-state index in [4.69, 9.17) is 4.74 Å². The first kappa shape index (κ1) is 25.9. The maximum Gasteiger partial charge on any atom is 0.341 e. The van der Waals surface area contributed by atoms with E-state index < -0.39 is 5.97 Å². The van der Waals surface area contributed by atoms with E-state index >= 15 is 0 Å². The fraction of sp³-hybridized carbons (Fsp3) is 0.480. The molecule has 1 saturated heterocycles. The minimum absolute atomic E-state index is 0.0812. The number of rotatable bonds is 8. The number of carbonyl (C=O) groups excluding carboxylic acids is 3. The van der Waals surface area contributed by atoms with Crippen LogP contribution in [0.25, 0.3) is 10.4 Å². The van der Waals surface area contributed by atoms with Crippen molar-refractivity contribution < 1.29 is 19.1 Å². The summed E-state index contributed by atoms with van der Waals surface area (Å²) in [6, 6.07) is 11.2. The van der Waals surface area contributed by atoms with Gasteiger partial charge in [0.25, 0.3) is 0 Å². The van der Waals surface area contributed by atoms with Crippen LogP contribution in [0.5, 0.6) is 0 Å². The Labute approximate surface area is 205 Å². The van der Waals surface area contributed by atoms with Gasteiger partial charge in [-0.15, -0.1) is 11.3 Å². The molecule has 3 rings (SSSR count). The fourth-order valence-corrected chi connectivity index (χ4v) is 4.89. The highest BCUT2D eigenvalue weighted by atomic mass is 32.1. The molecular formula is C25H34N4O4S. The van der Waals surface area contributed by atoms with Crippen LogP contribution in [0.4, 0.5) is 5.00 Å². The lowest BCUT2D eigenvalue weighted by atomic mass is 10.1. The summed E-state index contributed by atoms with van der Waals surface area (Å²) in [7, 11) is 3.52. The van der Waals surface area contributed by atoms with Crippen molar-refractivity contribution >= 4 is 34.1 Å². The van der Waals surface area contributed by atoms with Crippen LogP contribution in [-0.4, -0.2) is 92.0 Å². The number of anilines is 1. The van der Waals surface area contributed by atoms with Crippen LogP contribution < -0.4 is 5.32 Å². The van der Waals surface area contributed by atoms with E-state index in [2.05, 4.69) is 15.1 Å². The van der Waals surface area contributed by atoms with Crippen molar-refractivity contribution in [3.05, 3.63) is 42.0 Å². The number of nitrogens with zero attached hydrogens (tertiary/aromatic N) is 3. The van der Waals surface area contributed by atoms with Crippen molar-refractivity contribution in [1.82, 2.24) is 14.7 Å². The van der Waals surface area contributed by atoms with Crippen molar-refractivity contribution in [3.8, 4) is 10.4 Å². The molecule has 1 N–H and O–H groups in total. The number of esters is 1. The smallest absolute Gasteiger partial charge is 0.341 e. The molecule has 184 valence electrons. The van der Waals surface area contributed by atoms with Gasteiger partial charge in [0.2, 0.25) is 11.8 Å². The quantitative estimate of drug-likeness (QED) is 0.578. The van der Waals surface area contributed by atoms with Crippen molar-refractivity contribution in [3.63, 3.8) is 0 Å². The number of carbonyl (C=O) groups is 3. The molecule has 1 fully saturated rings. The maximum absolute atomic E-state index is 13.2. The third-order valence-corrected chi connectivity index (χ3v) is 7.03. The van der Waals surface area contributed by atoms with E-state index in [1.54, 1.807) is 32.0 Å². The van der Waals surface area contributed by atoms with Crippen LogP contribution in [0.1, 0.15) is 30.6 Å². The van der Waals surface area contributed by atoms with Crippen LogP contribution in [-0.2, 0) is 14.3 Å². The molecule has 34 heavy (non-hydrogen) atoms. The minimum Gasteiger partial charge on any atom is -0.462 e. The third-order valence-electron chi connectivity index (χ3n) is 5.93. The summed E-state index contributed by atoms with van der Waals surface area (Å²) in [4.78, 5) is 44.6. The second-order valence-corrected chi connectivity index (χ2v) is 9.61. The third kappa shape index (κ3) is 6.65. The molecule has 2 heterocycles. The molecule has 0 bridgehead atoms. The van der Waals surface area contributed by atoms with E-state index in [1.807, 2.05) is 37.3 Å². The van der Waals surface area contributed by atoms with Crippen LogP contribution in [0, 0.1) is 0 Å². The zero-order chi connectivity index (χ0) is 24.7. The molecule has 0 aliphatic carbocycles. The van der Waals surface area contributed by atoms with Gasteiger partial charge in [-0.05, 0) is 38.4 Å². The van der Waals surface area contributed by atoms with Gasteiger partial charge in [0.15, 0.2) is 0 Å². The molecule has 2 aromatic rings. The lowest BCUT2D eigenvalue weighted by Gasteiger charge is -2.27. The Bertz CT molecular complexity index is 992. The zero-order valence-electron chi connectivity index (χ0n) is 20.4. The highest BCUT2D eigenvalue weighted by Gasteiger charge is 2.27. The number of benzene rings is 1. The van der Waals surface area contributed by atoms with E-state index in [0.717, 1.165) is 36.5 Å². The number of amides is 2. The Morgan fingerprint density at radius 2 is 1.85 bits per heavy atom. The molecule has 0 saturated carbocycles. The Hall–Kier alpha value is -2.75. The van der Waals surface area contributed by atoms with Gasteiger partial charge >= 0.3 is 5.97 Å². The topological polar surface area (TPSA) is 82.2 Å². The highest BCUT2D eigenvalue weighted by Crippen LogP contribution is 2.36. The highest BCUT2D eigenvalue weighted by molar-refractivity contribution is 7.20. The Kier molecular flexibility index (Phi) is 9.20. The minimum atomic E-state index is -0.445. The molecule has 1 aromatic carbocycles. The number of hydrogen-bond donors (Lipinski definition) is 1. The average molecular weight is 487 g/mol. The largest absolute Gasteiger partial charge is 0.462 e. The summed E-state index contributed by atoms with van der Waals surface area (Å²) in [5.41, 5.74) is 1.35. The van der Waals surface area contributed by atoms with Crippen LogP contribution in [0.3, 0.4) is 0 Å². The number of likely N-dealkylation sites (N-methyl/N-ethyl adjacent to an activating group) is 1. The predicted octanol–water partition coefficient (Wildman–Crippen LogP) is 3.01. The first-order valence-corrected chi connectivity index (χ1v) is 12.5. The Morgan fingerprint density at radius 3 is 2.53 bits per heavy atom. The van der Waals surface area contributed by atoms with Crippen molar-refractivity contribution in [1.29, 1.82) is 0 Å². The summed E-state index contributed by atoms with van der Waals surface area (Å²) < 4.78 is 5.22. The van der Waals surface area contributed by atoms with Gasteiger partial charge in [0.1, 0.15) is 5.00 Å². The maximum atomic E-state index is 13.2. The van der Waals surface area contributed by atoms with Crippen LogP contribution in [0.2, 0.25) is 0 Å². The Morgan fingerprint density at radius 1 is 1.12 bits per heavy atom. The first-order chi connectivity index (χ1) is 16.3. The fourth-order valence-electron chi connectivity index (χ4n) is 3.84. The van der Waals surface area contributed by atoms with Crippen molar-refractivity contribution in [2.75, 3.05) is 58.7 Å². The van der Waals surface area contributed by atoms with Gasteiger partial charge in [0, 0.05) is 38.6 Å². The van der Waals surface area contributed by atoms with Crippen LogP contribution >= 0.6 is 11.3 Å². The summed E-state index contributed by atoms with van der Waals surface area (Å²) in [6.45, 7) is 7.31. The molecule has 9 heteroatoms. The van der Waals surface area contributed by atoms with Gasteiger partial charge in [0.05, 0.1) is 24.8 Å². The predicted molar refractivity (Wildman–Crippen MR) is 135 cm³/mol. The molecule has 0 spiro atoms. The van der Waals surface area contributed by atoms with Gasteiger partial charge in [-0.1, -0.05) is 30.3 Å². The van der Waals surface area contributed by atoms with Crippen molar-refractivity contribution in [2.24, 2.45) is 0 Å². The molecule has 2 amide bonds. The van der Waals surface area contributed by atoms with Gasteiger partial charge < -0.3 is 15.0 Å². The molecule has 0 radical (unpaired) electrons.